The number of halogens is 3. The van der Waals surface area contributed by atoms with Crippen LogP contribution in [0.25, 0.3) is 22.2 Å². The van der Waals surface area contributed by atoms with Gasteiger partial charge >= 0.3 is 6.18 Å². The van der Waals surface area contributed by atoms with Crippen LogP contribution >= 0.6 is 0 Å². The molecule has 9 nitrogen and oxygen atoms in total. The molecule has 1 amide bonds. The van der Waals surface area contributed by atoms with E-state index in [0.717, 1.165) is 60.2 Å². The Hall–Kier alpha value is -4.76. The minimum absolute atomic E-state index is 0.0738. The van der Waals surface area contributed by atoms with Gasteiger partial charge in [0.05, 0.1) is 17.1 Å². The molecule has 5 rings (SSSR count). The van der Waals surface area contributed by atoms with Crippen molar-refractivity contribution in [1.82, 2.24) is 20.4 Å². The number of aliphatic carboxylic acids is 1. The van der Waals surface area contributed by atoms with Crippen molar-refractivity contribution in [3.8, 4) is 17.3 Å². The van der Waals surface area contributed by atoms with Gasteiger partial charge in [-0.1, -0.05) is 18.2 Å². The van der Waals surface area contributed by atoms with E-state index in [4.69, 9.17) is 9.90 Å². The lowest BCUT2D eigenvalue weighted by molar-refractivity contribution is -0.377. The Labute approximate surface area is 227 Å². The topological polar surface area (TPSA) is 139 Å². The van der Waals surface area contributed by atoms with Crippen molar-refractivity contribution in [2.45, 2.75) is 31.6 Å². The number of nitriles is 1. The number of hydrogen-bond donors (Lipinski definition) is 2. The summed E-state index contributed by atoms with van der Waals surface area (Å²) in [6, 6.07) is 19.6. The van der Waals surface area contributed by atoms with Gasteiger partial charge in [0.15, 0.2) is 12.4 Å². The van der Waals surface area contributed by atoms with Crippen LogP contribution in [0, 0.1) is 11.3 Å². The van der Waals surface area contributed by atoms with Crippen LogP contribution in [0.4, 0.5) is 13.2 Å². The fourth-order valence-corrected chi connectivity index (χ4v) is 4.51. The molecule has 1 atom stereocenters. The number of carboxylic acid groups (broad SMARTS) is 1. The number of pyridine rings is 1. The second kappa shape index (κ2) is 12.4. The number of aromatic amines is 2. The fraction of sp³-hybridized carbons (Fsp3) is 0.250. The molecule has 0 spiro atoms. The molecule has 0 aliphatic carbocycles. The van der Waals surface area contributed by atoms with Gasteiger partial charge in [-0.3, -0.25) is 14.8 Å². The summed E-state index contributed by atoms with van der Waals surface area (Å²) in [6.45, 7) is 2.45. The van der Waals surface area contributed by atoms with Crippen molar-refractivity contribution >= 4 is 22.8 Å². The van der Waals surface area contributed by atoms with Gasteiger partial charge in [0, 0.05) is 47.8 Å². The third-order valence-electron chi connectivity index (χ3n) is 6.42. The van der Waals surface area contributed by atoms with E-state index >= 15 is 0 Å². The number of benzene rings is 2. The van der Waals surface area contributed by atoms with Crippen LogP contribution in [-0.2, 0) is 11.3 Å². The summed E-state index contributed by atoms with van der Waals surface area (Å²) >= 11 is 0. The second-order valence-corrected chi connectivity index (χ2v) is 9.22. The van der Waals surface area contributed by atoms with Gasteiger partial charge in [0.2, 0.25) is 0 Å². The summed E-state index contributed by atoms with van der Waals surface area (Å²) in [4.78, 5) is 27.2. The first-order chi connectivity index (χ1) is 19.2. The summed E-state index contributed by atoms with van der Waals surface area (Å²) in [5, 5.41) is 29.8. The number of nitrogens with zero attached hydrogens (tertiary/aromatic N) is 3. The SMILES string of the molecule is N#Cc1ccccc1CN1CCC[C@@H](NC(=O)c2ccc3[nH]nc(-c4cc[nH+]cc4)c3c2)C1.O=C([O-])C(F)(F)F. The van der Waals surface area contributed by atoms with Crippen LogP contribution in [0.15, 0.2) is 67.0 Å². The fourth-order valence-electron chi connectivity index (χ4n) is 4.51. The summed E-state index contributed by atoms with van der Waals surface area (Å²) in [7, 11) is 0. The van der Waals surface area contributed by atoms with Gasteiger partial charge in [-0.15, -0.1) is 0 Å². The molecular formula is C28H25F3N6O3. The van der Waals surface area contributed by atoms with E-state index in [1.54, 1.807) is 0 Å². The molecule has 206 valence electrons. The molecular weight excluding hydrogens is 525 g/mol. The number of piperidine rings is 1. The van der Waals surface area contributed by atoms with Gasteiger partial charge in [0.1, 0.15) is 11.7 Å². The largest absolute Gasteiger partial charge is 0.542 e. The summed E-state index contributed by atoms with van der Waals surface area (Å²) in [6.07, 6.45) is 0.476. The lowest BCUT2D eigenvalue weighted by Crippen LogP contribution is -2.47. The monoisotopic (exact) mass is 550 g/mol. The number of aromatic nitrogens is 3. The highest BCUT2D eigenvalue weighted by Crippen LogP contribution is 2.26. The minimum atomic E-state index is -5.19. The Bertz CT molecular complexity index is 1530. The number of hydrogen-bond acceptors (Lipinski definition) is 6. The normalized spacial score (nSPS) is 15.5. The lowest BCUT2D eigenvalue weighted by Gasteiger charge is -2.33. The number of carbonyl (C=O) groups is 2. The van der Waals surface area contributed by atoms with Crippen molar-refractivity contribution < 1.29 is 32.9 Å². The first-order valence-corrected chi connectivity index (χ1v) is 12.4. The van der Waals surface area contributed by atoms with Crippen LogP contribution in [-0.4, -0.2) is 52.3 Å². The molecule has 2 aromatic heterocycles. The van der Waals surface area contributed by atoms with Crippen LogP contribution in [0.5, 0.6) is 0 Å². The number of carboxylic acids is 1. The average molecular weight is 551 g/mol. The van der Waals surface area contributed by atoms with Crippen molar-refractivity contribution in [1.29, 1.82) is 5.26 Å². The molecule has 0 bridgehead atoms. The predicted molar refractivity (Wildman–Crippen MR) is 136 cm³/mol. The smallest absolute Gasteiger partial charge is 0.430 e. The number of likely N-dealkylation sites (tertiary alicyclic amines) is 1. The zero-order valence-corrected chi connectivity index (χ0v) is 21.2. The number of carbonyl (C=O) groups excluding carboxylic acids is 2. The van der Waals surface area contributed by atoms with Crippen LogP contribution in [0.1, 0.15) is 34.3 Å². The third kappa shape index (κ3) is 7.00. The molecule has 0 saturated carbocycles. The first-order valence-electron chi connectivity index (χ1n) is 12.4. The minimum Gasteiger partial charge on any atom is -0.542 e. The molecule has 12 heteroatoms. The highest BCUT2D eigenvalue weighted by atomic mass is 19.4. The molecule has 1 saturated heterocycles. The van der Waals surface area contributed by atoms with Gasteiger partial charge < -0.3 is 15.2 Å². The van der Waals surface area contributed by atoms with Gasteiger partial charge in [-0.2, -0.15) is 23.5 Å². The van der Waals surface area contributed by atoms with Crippen LogP contribution in [0.3, 0.4) is 0 Å². The predicted octanol–water partition coefficient (Wildman–Crippen LogP) is 2.61. The molecule has 3 heterocycles. The van der Waals surface area contributed by atoms with E-state index in [1.165, 1.54) is 0 Å². The first kappa shape index (κ1) is 28.3. The van der Waals surface area contributed by atoms with Gasteiger partial charge in [-0.25, -0.2) is 4.98 Å². The summed E-state index contributed by atoms with van der Waals surface area (Å²) in [5.41, 5.74) is 5.08. The van der Waals surface area contributed by atoms with Crippen molar-refractivity contribution in [2.75, 3.05) is 13.1 Å². The number of alkyl halides is 3. The highest BCUT2D eigenvalue weighted by Gasteiger charge is 2.29. The Morgan fingerprint density at radius 1 is 1.18 bits per heavy atom. The summed E-state index contributed by atoms with van der Waals surface area (Å²) < 4.78 is 31.5. The van der Waals surface area contributed by atoms with E-state index < -0.39 is 12.1 Å². The van der Waals surface area contributed by atoms with E-state index in [-0.39, 0.29) is 11.9 Å². The van der Waals surface area contributed by atoms with E-state index in [1.807, 2.05) is 67.0 Å². The summed E-state index contributed by atoms with van der Waals surface area (Å²) in [5.74, 6) is -3.08. The Morgan fingerprint density at radius 3 is 2.60 bits per heavy atom. The van der Waals surface area contributed by atoms with E-state index in [0.29, 0.717) is 11.1 Å². The number of nitrogens with one attached hydrogen (secondary N) is 3. The van der Waals surface area contributed by atoms with Crippen molar-refractivity contribution in [3.63, 3.8) is 0 Å². The number of amides is 1. The van der Waals surface area contributed by atoms with E-state index in [2.05, 4.69) is 31.5 Å². The molecule has 1 aliphatic rings. The maximum absolute atomic E-state index is 13.1. The molecule has 1 fully saturated rings. The standard InChI is InChI=1S/C26H24N6O.C2HF3O2/c27-15-20-4-1-2-5-21(20)16-32-13-3-6-22(17-32)29-26(33)19-7-8-24-23(14-19)25(31-30-24)18-9-11-28-12-10-18;3-2(4,5)1(6)7/h1-2,4-5,7-12,14,22H,3,6,13,16-17H2,(H,29,33)(H,30,31);(H,6,7)/t22-;/m1./s1. The molecule has 3 N–H and O–H groups in total. The van der Waals surface area contributed by atoms with Gasteiger partial charge in [0.25, 0.3) is 5.91 Å². The Balaban J connectivity index is 0.000000470. The number of H-pyrrole nitrogens is 2. The number of rotatable bonds is 5. The third-order valence-corrected chi connectivity index (χ3v) is 6.42. The zero-order valence-electron chi connectivity index (χ0n) is 21.2. The Morgan fingerprint density at radius 2 is 1.90 bits per heavy atom. The van der Waals surface area contributed by atoms with Gasteiger partial charge in [-0.05, 0) is 49.2 Å². The number of fused-ring (bicyclic) bond motifs is 1. The van der Waals surface area contributed by atoms with E-state index in [9.17, 15) is 23.2 Å². The maximum atomic E-state index is 13.1. The molecule has 40 heavy (non-hydrogen) atoms. The molecule has 4 aromatic rings. The lowest BCUT2D eigenvalue weighted by atomic mass is 10.0. The Kier molecular flexibility index (Phi) is 8.76. The quantitative estimate of drug-likeness (QED) is 0.392. The maximum Gasteiger partial charge on any atom is 0.430 e. The van der Waals surface area contributed by atoms with Crippen LogP contribution in [0.2, 0.25) is 0 Å². The molecule has 2 aromatic carbocycles. The van der Waals surface area contributed by atoms with Crippen molar-refractivity contribution in [3.05, 3.63) is 83.7 Å². The molecule has 1 aliphatic heterocycles. The van der Waals surface area contributed by atoms with Crippen LogP contribution < -0.4 is 15.4 Å². The zero-order chi connectivity index (χ0) is 28.7. The average Bonchev–Trinajstić information content (AvgIpc) is 3.37. The highest BCUT2D eigenvalue weighted by molar-refractivity contribution is 6.01. The molecule has 0 unspecified atom stereocenters. The van der Waals surface area contributed by atoms with Crippen molar-refractivity contribution in [2.24, 2.45) is 0 Å². The molecule has 0 radical (unpaired) electrons. The second-order valence-electron chi connectivity index (χ2n) is 9.22.